The minimum Gasteiger partial charge on any atom is -0.480 e. The summed E-state index contributed by atoms with van der Waals surface area (Å²) in [4.78, 5) is 38.3. The van der Waals surface area contributed by atoms with Gasteiger partial charge in [0.2, 0.25) is 5.91 Å². The Balaban J connectivity index is 1.70. The van der Waals surface area contributed by atoms with Crippen LogP contribution in [-0.2, 0) is 14.3 Å². The lowest BCUT2D eigenvalue weighted by Crippen LogP contribution is -2.48. The number of nitrogens with one attached hydrogen (secondary N) is 1. The van der Waals surface area contributed by atoms with Crippen LogP contribution >= 0.6 is 0 Å². The molecular formula is C20H26N2O5. The number of carbonyl (C=O) groups is 3. The van der Waals surface area contributed by atoms with Crippen LogP contribution in [0.25, 0.3) is 0 Å². The van der Waals surface area contributed by atoms with Gasteiger partial charge in [-0.05, 0) is 57.2 Å². The van der Waals surface area contributed by atoms with Crippen LogP contribution in [0.3, 0.4) is 0 Å². The molecule has 1 unspecified atom stereocenters. The monoisotopic (exact) mass is 374 g/mol. The number of likely N-dealkylation sites (tertiary alicyclic amines) is 1. The molecule has 1 saturated heterocycles. The van der Waals surface area contributed by atoms with Gasteiger partial charge in [0.05, 0.1) is 12.0 Å². The summed E-state index contributed by atoms with van der Waals surface area (Å²) in [6, 6.07) is 5.91. The lowest BCUT2D eigenvalue weighted by Gasteiger charge is -2.33. The van der Waals surface area contributed by atoms with E-state index in [2.05, 4.69) is 5.32 Å². The van der Waals surface area contributed by atoms with Crippen molar-refractivity contribution in [2.24, 2.45) is 5.41 Å². The predicted octanol–water partition coefficient (Wildman–Crippen LogP) is 2.52. The molecule has 0 radical (unpaired) electrons. The SMILES string of the molecule is CCOCC1(C(=O)Nc2cccc(C(=O)N3CCCCC3C(=O)O)c2)CC1. The zero-order valence-corrected chi connectivity index (χ0v) is 15.6. The molecule has 2 N–H and O–H groups in total. The molecule has 0 bridgehead atoms. The number of ether oxygens (including phenoxy) is 1. The third kappa shape index (κ3) is 4.30. The molecule has 146 valence electrons. The molecule has 1 atom stereocenters. The van der Waals surface area contributed by atoms with Crippen LogP contribution in [0.1, 0.15) is 49.4 Å². The molecule has 2 fully saturated rings. The first kappa shape index (κ1) is 19.4. The number of anilines is 1. The van der Waals surface area contributed by atoms with Crippen LogP contribution in [-0.4, -0.2) is 53.6 Å². The van der Waals surface area contributed by atoms with E-state index < -0.39 is 17.4 Å². The fourth-order valence-corrected chi connectivity index (χ4v) is 3.48. The minimum absolute atomic E-state index is 0.0954. The summed E-state index contributed by atoms with van der Waals surface area (Å²) < 4.78 is 5.42. The smallest absolute Gasteiger partial charge is 0.326 e. The van der Waals surface area contributed by atoms with Gasteiger partial charge in [-0.2, -0.15) is 0 Å². The molecule has 0 aromatic heterocycles. The average Bonchev–Trinajstić information content (AvgIpc) is 3.47. The van der Waals surface area contributed by atoms with E-state index in [4.69, 9.17) is 4.74 Å². The van der Waals surface area contributed by atoms with E-state index in [9.17, 15) is 19.5 Å². The van der Waals surface area contributed by atoms with Gasteiger partial charge in [-0.25, -0.2) is 4.79 Å². The van der Waals surface area contributed by atoms with Crippen molar-refractivity contribution in [3.63, 3.8) is 0 Å². The minimum atomic E-state index is -0.973. The quantitative estimate of drug-likeness (QED) is 0.765. The summed E-state index contributed by atoms with van der Waals surface area (Å²) in [6.45, 7) is 3.31. The second-order valence-corrected chi connectivity index (χ2v) is 7.30. The second kappa shape index (κ2) is 8.08. The number of rotatable bonds is 7. The molecule has 7 heteroatoms. The number of piperidine rings is 1. The molecule has 3 rings (SSSR count). The second-order valence-electron chi connectivity index (χ2n) is 7.30. The van der Waals surface area contributed by atoms with Crippen molar-refractivity contribution in [2.75, 3.05) is 25.1 Å². The van der Waals surface area contributed by atoms with Crippen molar-refractivity contribution in [1.29, 1.82) is 0 Å². The molecular weight excluding hydrogens is 348 g/mol. The molecule has 27 heavy (non-hydrogen) atoms. The van der Waals surface area contributed by atoms with Gasteiger partial charge in [0.25, 0.3) is 5.91 Å². The summed E-state index contributed by atoms with van der Waals surface area (Å²) in [5.41, 5.74) is 0.463. The fraction of sp³-hybridized carbons (Fsp3) is 0.550. The van der Waals surface area contributed by atoms with Gasteiger partial charge < -0.3 is 20.1 Å². The Morgan fingerprint density at radius 1 is 1.30 bits per heavy atom. The van der Waals surface area contributed by atoms with Gasteiger partial charge in [-0.3, -0.25) is 9.59 Å². The Kier molecular flexibility index (Phi) is 5.79. The number of aliphatic carboxylic acids is 1. The maximum absolute atomic E-state index is 12.8. The average molecular weight is 374 g/mol. The highest BCUT2D eigenvalue weighted by Crippen LogP contribution is 2.46. The van der Waals surface area contributed by atoms with Gasteiger partial charge in [0.15, 0.2) is 0 Å². The lowest BCUT2D eigenvalue weighted by molar-refractivity contribution is -0.143. The van der Waals surface area contributed by atoms with Crippen molar-refractivity contribution in [1.82, 2.24) is 4.90 Å². The zero-order valence-electron chi connectivity index (χ0n) is 15.6. The van der Waals surface area contributed by atoms with Gasteiger partial charge >= 0.3 is 5.97 Å². The highest BCUT2D eigenvalue weighted by atomic mass is 16.5. The van der Waals surface area contributed by atoms with Gasteiger partial charge in [0.1, 0.15) is 6.04 Å². The molecule has 1 saturated carbocycles. The number of carbonyl (C=O) groups excluding carboxylic acids is 2. The maximum atomic E-state index is 12.8. The topological polar surface area (TPSA) is 95.9 Å². The lowest BCUT2D eigenvalue weighted by atomic mass is 10.0. The third-order valence-electron chi connectivity index (χ3n) is 5.33. The maximum Gasteiger partial charge on any atom is 0.326 e. The molecule has 1 aromatic rings. The number of amides is 2. The van der Waals surface area contributed by atoms with E-state index in [1.807, 2.05) is 6.92 Å². The number of hydrogen-bond acceptors (Lipinski definition) is 4. The van der Waals surface area contributed by atoms with E-state index in [-0.39, 0.29) is 11.8 Å². The van der Waals surface area contributed by atoms with Gasteiger partial charge in [-0.1, -0.05) is 6.07 Å². The van der Waals surface area contributed by atoms with Crippen LogP contribution in [0.4, 0.5) is 5.69 Å². The number of hydrogen-bond donors (Lipinski definition) is 2. The molecule has 0 spiro atoms. The first-order chi connectivity index (χ1) is 13.0. The first-order valence-corrected chi connectivity index (χ1v) is 9.50. The van der Waals surface area contributed by atoms with Crippen molar-refractivity contribution >= 4 is 23.5 Å². The molecule has 7 nitrogen and oxygen atoms in total. The van der Waals surface area contributed by atoms with Crippen LogP contribution in [0, 0.1) is 5.41 Å². The van der Waals surface area contributed by atoms with Crippen molar-refractivity contribution < 1.29 is 24.2 Å². The van der Waals surface area contributed by atoms with Gasteiger partial charge in [-0.15, -0.1) is 0 Å². The van der Waals surface area contributed by atoms with Crippen LogP contribution < -0.4 is 5.32 Å². The van der Waals surface area contributed by atoms with E-state index in [1.54, 1.807) is 24.3 Å². The standard InChI is InChI=1S/C20H26N2O5/c1-2-27-13-20(9-10-20)19(26)21-15-7-5-6-14(12-15)17(23)22-11-4-3-8-16(22)18(24)25/h5-7,12,16H,2-4,8-11,13H2,1H3,(H,21,26)(H,24,25). The molecule has 2 aliphatic rings. The molecule has 1 aliphatic heterocycles. The Morgan fingerprint density at radius 2 is 2.07 bits per heavy atom. The molecule has 2 amide bonds. The zero-order chi connectivity index (χ0) is 19.4. The summed E-state index contributed by atoms with van der Waals surface area (Å²) in [7, 11) is 0. The van der Waals surface area contributed by atoms with Gasteiger partial charge in [0, 0.05) is 24.4 Å². The van der Waals surface area contributed by atoms with E-state index >= 15 is 0 Å². The number of carboxylic acid groups (broad SMARTS) is 1. The summed E-state index contributed by atoms with van der Waals surface area (Å²) in [5.74, 6) is -1.38. The Hall–Kier alpha value is -2.41. The molecule has 1 aliphatic carbocycles. The first-order valence-electron chi connectivity index (χ1n) is 9.50. The summed E-state index contributed by atoms with van der Waals surface area (Å²) >= 11 is 0. The Bertz CT molecular complexity index is 729. The Morgan fingerprint density at radius 3 is 2.74 bits per heavy atom. The number of benzene rings is 1. The van der Waals surface area contributed by atoms with Crippen molar-refractivity contribution in [2.45, 2.75) is 45.1 Å². The summed E-state index contributed by atoms with van der Waals surface area (Å²) in [5, 5.41) is 12.3. The van der Waals surface area contributed by atoms with Crippen molar-refractivity contribution in [3.05, 3.63) is 29.8 Å². The fourth-order valence-electron chi connectivity index (χ4n) is 3.48. The number of nitrogens with zero attached hydrogens (tertiary/aromatic N) is 1. The molecule has 1 heterocycles. The largest absolute Gasteiger partial charge is 0.480 e. The summed E-state index contributed by atoms with van der Waals surface area (Å²) in [6.07, 6.45) is 3.67. The van der Waals surface area contributed by atoms with Crippen LogP contribution in [0.2, 0.25) is 0 Å². The van der Waals surface area contributed by atoms with Crippen molar-refractivity contribution in [3.8, 4) is 0 Å². The molecule has 1 aromatic carbocycles. The van der Waals surface area contributed by atoms with E-state index in [0.29, 0.717) is 37.4 Å². The van der Waals surface area contributed by atoms with E-state index in [1.165, 1.54) is 4.90 Å². The van der Waals surface area contributed by atoms with Crippen LogP contribution in [0.15, 0.2) is 24.3 Å². The normalized spacial score (nSPS) is 20.8. The van der Waals surface area contributed by atoms with E-state index in [0.717, 1.165) is 25.7 Å². The highest BCUT2D eigenvalue weighted by Gasteiger charge is 2.50. The third-order valence-corrected chi connectivity index (χ3v) is 5.33. The predicted molar refractivity (Wildman–Crippen MR) is 99.5 cm³/mol. The Labute approximate surface area is 158 Å². The van der Waals surface area contributed by atoms with Crippen LogP contribution in [0.5, 0.6) is 0 Å². The highest BCUT2D eigenvalue weighted by molar-refractivity contribution is 6.00. The number of carboxylic acids is 1.